The molecule has 1 saturated heterocycles. The zero-order valence-electron chi connectivity index (χ0n) is 7.19. The first-order valence-electron chi connectivity index (χ1n) is 3.99. The lowest BCUT2D eigenvalue weighted by molar-refractivity contribution is -0.144. The zero-order chi connectivity index (χ0) is 9.84. The molecule has 1 heterocycles. The molecule has 1 atom stereocenters. The molecule has 0 aromatic carbocycles. The molecule has 0 bridgehead atoms. The van der Waals surface area contributed by atoms with Crippen LogP contribution in [0, 0.1) is 0 Å². The van der Waals surface area contributed by atoms with Crippen molar-refractivity contribution in [2.45, 2.75) is 6.04 Å². The van der Waals surface area contributed by atoms with E-state index in [1.54, 1.807) is 11.0 Å². The van der Waals surface area contributed by atoms with E-state index in [1.165, 1.54) is 0 Å². The van der Waals surface area contributed by atoms with E-state index in [0.29, 0.717) is 13.1 Å². The molecule has 1 aliphatic rings. The number of amides is 1. The minimum Gasteiger partial charge on any atom is -0.480 e. The highest BCUT2D eigenvalue weighted by molar-refractivity contribution is 5.86. The van der Waals surface area contributed by atoms with Crippen LogP contribution in [0.1, 0.15) is 0 Å². The van der Waals surface area contributed by atoms with E-state index in [4.69, 9.17) is 5.11 Å². The summed E-state index contributed by atoms with van der Waals surface area (Å²) < 4.78 is 0. The normalized spacial score (nSPS) is 23.7. The van der Waals surface area contributed by atoms with Crippen molar-refractivity contribution in [1.82, 2.24) is 10.2 Å². The second-order valence-electron chi connectivity index (χ2n) is 2.94. The maximum atomic E-state index is 11.0. The SMILES string of the molecule is C=CCN1CC(=O)NC(C(=O)O)C1. The Bertz CT molecular complexity index is 240. The second-order valence-corrected chi connectivity index (χ2v) is 2.94. The Kier molecular flexibility index (Phi) is 3.02. The first kappa shape index (κ1) is 9.73. The van der Waals surface area contributed by atoms with Gasteiger partial charge in [-0.25, -0.2) is 4.79 Å². The van der Waals surface area contributed by atoms with Crippen LogP contribution in [0.4, 0.5) is 0 Å². The van der Waals surface area contributed by atoms with E-state index < -0.39 is 12.0 Å². The number of nitrogens with zero attached hydrogens (tertiary/aromatic N) is 1. The van der Waals surface area contributed by atoms with Gasteiger partial charge in [0, 0.05) is 13.1 Å². The van der Waals surface area contributed by atoms with Crippen LogP contribution in [-0.4, -0.2) is 47.6 Å². The quantitative estimate of drug-likeness (QED) is 0.555. The number of rotatable bonds is 3. The van der Waals surface area contributed by atoms with Crippen molar-refractivity contribution in [2.24, 2.45) is 0 Å². The molecule has 0 aliphatic carbocycles. The molecule has 1 rings (SSSR count). The number of hydrogen-bond acceptors (Lipinski definition) is 3. The van der Waals surface area contributed by atoms with Crippen molar-refractivity contribution in [2.75, 3.05) is 19.6 Å². The first-order chi connectivity index (χ1) is 6.13. The van der Waals surface area contributed by atoms with Crippen LogP contribution in [0.15, 0.2) is 12.7 Å². The number of carboxylic acids is 1. The summed E-state index contributed by atoms with van der Waals surface area (Å²) >= 11 is 0. The van der Waals surface area contributed by atoms with Crippen LogP contribution >= 0.6 is 0 Å². The predicted octanol–water partition coefficient (Wildman–Crippen LogP) is -0.943. The lowest BCUT2D eigenvalue weighted by Gasteiger charge is -2.29. The Labute approximate surface area is 76.0 Å². The summed E-state index contributed by atoms with van der Waals surface area (Å²) in [5.74, 6) is -1.25. The standard InChI is InChI=1S/C8H12N2O3/c1-2-3-10-4-6(8(12)13)9-7(11)5-10/h2,6H,1,3-5H2,(H,9,11)(H,12,13). The Morgan fingerprint density at radius 3 is 3.08 bits per heavy atom. The molecule has 1 aliphatic heterocycles. The summed E-state index contributed by atoms with van der Waals surface area (Å²) in [6.45, 7) is 4.65. The molecule has 0 aromatic heterocycles. The molecule has 0 radical (unpaired) electrons. The number of carbonyl (C=O) groups is 2. The number of piperazine rings is 1. The summed E-state index contributed by atoms with van der Waals surface area (Å²) in [6.07, 6.45) is 1.65. The second kappa shape index (κ2) is 4.04. The van der Waals surface area contributed by atoms with Crippen molar-refractivity contribution >= 4 is 11.9 Å². The summed E-state index contributed by atoms with van der Waals surface area (Å²) in [6, 6.07) is -0.791. The first-order valence-corrected chi connectivity index (χ1v) is 3.99. The van der Waals surface area contributed by atoms with Crippen LogP contribution in [-0.2, 0) is 9.59 Å². The molecule has 13 heavy (non-hydrogen) atoms. The number of carbonyl (C=O) groups excluding carboxylic acids is 1. The van der Waals surface area contributed by atoms with Crippen LogP contribution in [0.25, 0.3) is 0 Å². The topological polar surface area (TPSA) is 69.6 Å². The average molecular weight is 184 g/mol. The summed E-state index contributed by atoms with van der Waals surface area (Å²) in [4.78, 5) is 23.3. The lowest BCUT2D eigenvalue weighted by Crippen LogP contribution is -2.57. The Hall–Kier alpha value is -1.36. The van der Waals surface area contributed by atoms with E-state index >= 15 is 0 Å². The van der Waals surface area contributed by atoms with Gasteiger partial charge in [-0.15, -0.1) is 6.58 Å². The largest absolute Gasteiger partial charge is 0.480 e. The van der Waals surface area contributed by atoms with Crippen LogP contribution in [0.5, 0.6) is 0 Å². The highest BCUT2D eigenvalue weighted by Gasteiger charge is 2.28. The van der Waals surface area contributed by atoms with Gasteiger partial charge >= 0.3 is 5.97 Å². The third-order valence-corrected chi connectivity index (χ3v) is 1.83. The van der Waals surface area contributed by atoms with Crippen molar-refractivity contribution < 1.29 is 14.7 Å². The summed E-state index contributed by atoms with van der Waals surface area (Å²) in [7, 11) is 0. The molecule has 2 N–H and O–H groups in total. The minimum atomic E-state index is -0.998. The van der Waals surface area contributed by atoms with Crippen molar-refractivity contribution in [3.8, 4) is 0 Å². The van der Waals surface area contributed by atoms with Gasteiger partial charge in [0.15, 0.2) is 0 Å². The number of hydrogen-bond donors (Lipinski definition) is 2. The highest BCUT2D eigenvalue weighted by atomic mass is 16.4. The molecule has 1 unspecified atom stereocenters. The van der Waals surface area contributed by atoms with Gasteiger partial charge in [0.1, 0.15) is 6.04 Å². The monoisotopic (exact) mass is 184 g/mol. The van der Waals surface area contributed by atoms with Gasteiger partial charge in [0.25, 0.3) is 0 Å². The van der Waals surface area contributed by atoms with Gasteiger partial charge < -0.3 is 10.4 Å². The molecule has 72 valence electrons. The van der Waals surface area contributed by atoms with E-state index in [2.05, 4.69) is 11.9 Å². The smallest absolute Gasteiger partial charge is 0.327 e. The Morgan fingerprint density at radius 2 is 2.54 bits per heavy atom. The Morgan fingerprint density at radius 1 is 1.85 bits per heavy atom. The summed E-state index contributed by atoms with van der Waals surface area (Å²) in [5.41, 5.74) is 0. The van der Waals surface area contributed by atoms with Crippen LogP contribution < -0.4 is 5.32 Å². The highest BCUT2D eigenvalue weighted by Crippen LogP contribution is 1.99. The fraction of sp³-hybridized carbons (Fsp3) is 0.500. The fourth-order valence-corrected chi connectivity index (χ4v) is 1.27. The maximum Gasteiger partial charge on any atom is 0.327 e. The van der Waals surface area contributed by atoms with Gasteiger partial charge in [-0.1, -0.05) is 6.08 Å². The Balaban J connectivity index is 2.57. The van der Waals surface area contributed by atoms with Crippen LogP contribution in [0.2, 0.25) is 0 Å². The van der Waals surface area contributed by atoms with Gasteiger partial charge in [0.2, 0.25) is 5.91 Å². The molecular weight excluding hydrogens is 172 g/mol. The lowest BCUT2D eigenvalue weighted by atomic mass is 10.2. The molecule has 1 fully saturated rings. The predicted molar refractivity (Wildman–Crippen MR) is 46.2 cm³/mol. The minimum absolute atomic E-state index is 0.246. The maximum absolute atomic E-state index is 11.0. The van der Waals surface area contributed by atoms with Crippen molar-refractivity contribution in [3.63, 3.8) is 0 Å². The number of carboxylic acid groups (broad SMARTS) is 1. The van der Waals surface area contributed by atoms with Gasteiger partial charge in [-0.05, 0) is 0 Å². The van der Waals surface area contributed by atoms with Crippen molar-refractivity contribution in [3.05, 3.63) is 12.7 Å². The average Bonchev–Trinajstić information content (AvgIpc) is 2.03. The zero-order valence-corrected chi connectivity index (χ0v) is 7.19. The van der Waals surface area contributed by atoms with E-state index in [1.807, 2.05) is 0 Å². The molecule has 0 aromatic rings. The summed E-state index contributed by atoms with van der Waals surface area (Å²) in [5, 5.41) is 11.1. The third-order valence-electron chi connectivity index (χ3n) is 1.83. The molecule has 0 saturated carbocycles. The van der Waals surface area contributed by atoms with E-state index in [9.17, 15) is 9.59 Å². The molecule has 0 spiro atoms. The van der Waals surface area contributed by atoms with Crippen LogP contribution in [0.3, 0.4) is 0 Å². The molecule has 5 heteroatoms. The fourth-order valence-electron chi connectivity index (χ4n) is 1.27. The molecule has 1 amide bonds. The molecular formula is C8H12N2O3. The van der Waals surface area contributed by atoms with E-state index in [0.717, 1.165) is 0 Å². The van der Waals surface area contributed by atoms with E-state index in [-0.39, 0.29) is 12.5 Å². The van der Waals surface area contributed by atoms with Crippen molar-refractivity contribution in [1.29, 1.82) is 0 Å². The van der Waals surface area contributed by atoms with Gasteiger partial charge in [-0.2, -0.15) is 0 Å². The number of aliphatic carboxylic acids is 1. The van der Waals surface area contributed by atoms with Gasteiger partial charge in [0.05, 0.1) is 6.54 Å². The third kappa shape index (κ3) is 2.55. The van der Waals surface area contributed by atoms with Gasteiger partial charge in [-0.3, -0.25) is 9.69 Å². The molecule has 5 nitrogen and oxygen atoms in total. The number of nitrogens with one attached hydrogen (secondary N) is 1.